The van der Waals surface area contributed by atoms with Crippen LogP contribution in [0, 0.1) is 5.41 Å². The van der Waals surface area contributed by atoms with Crippen LogP contribution < -0.4 is 5.32 Å². The van der Waals surface area contributed by atoms with E-state index in [4.69, 9.17) is 4.74 Å². The molecule has 0 saturated carbocycles. The zero-order valence-corrected chi connectivity index (χ0v) is 11.1. The van der Waals surface area contributed by atoms with Crippen LogP contribution in [0.4, 0.5) is 4.79 Å². The molecule has 0 fully saturated rings. The van der Waals surface area contributed by atoms with Crippen molar-refractivity contribution in [3.8, 4) is 0 Å². The van der Waals surface area contributed by atoms with Gasteiger partial charge in [0.15, 0.2) is 0 Å². The van der Waals surface area contributed by atoms with Gasteiger partial charge in [-0.25, -0.2) is 4.79 Å². The lowest BCUT2D eigenvalue weighted by Gasteiger charge is -2.26. The van der Waals surface area contributed by atoms with E-state index >= 15 is 0 Å². The molecule has 0 aliphatic carbocycles. The maximum absolute atomic E-state index is 11.4. The first-order valence-electron chi connectivity index (χ1n) is 5.49. The van der Waals surface area contributed by atoms with Gasteiger partial charge in [-0.05, 0) is 39.5 Å². The summed E-state index contributed by atoms with van der Waals surface area (Å²) in [6.45, 7) is 14.0. The van der Waals surface area contributed by atoms with Gasteiger partial charge in [0.1, 0.15) is 5.60 Å². The third-order valence-electron chi connectivity index (χ3n) is 1.68. The molecule has 0 rings (SSSR count). The lowest BCUT2D eigenvalue weighted by molar-refractivity contribution is 0.0498. The largest absolute Gasteiger partial charge is 0.444 e. The molecule has 90 valence electrons. The van der Waals surface area contributed by atoms with Crippen LogP contribution in [-0.4, -0.2) is 17.7 Å². The van der Waals surface area contributed by atoms with Crippen molar-refractivity contribution in [3.63, 3.8) is 0 Å². The highest BCUT2D eigenvalue weighted by Crippen LogP contribution is 2.20. The van der Waals surface area contributed by atoms with E-state index in [0.29, 0.717) is 0 Å². The predicted molar refractivity (Wildman–Crippen MR) is 62.9 cm³/mol. The number of hydrogen-bond acceptors (Lipinski definition) is 2. The second-order valence-electron chi connectivity index (χ2n) is 6.31. The summed E-state index contributed by atoms with van der Waals surface area (Å²) in [4.78, 5) is 11.4. The van der Waals surface area contributed by atoms with Crippen LogP contribution in [0.2, 0.25) is 0 Å². The van der Waals surface area contributed by atoms with E-state index in [-0.39, 0.29) is 17.6 Å². The SMILES string of the molecule is C[C@H](CC(C)(C)C)NC(=O)OC(C)(C)C. The molecule has 1 atom stereocenters. The fraction of sp³-hybridized carbons (Fsp3) is 0.917. The number of rotatable bonds is 2. The summed E-state index contributed by atoms with van der Waals surface area (Å²) in [7, 11) is 0. The Balaban J connectivity index is 3.98. The van der Waals surface area contributed by atoms with Gasteiger partial charge in [-0.3, -0.25) is 0 Å². The first-order chi connectivity index (χ1) is 6.49. The molecule has 0 heterocycles. The molecule has 0 bridgehead atoms. The average Bonchev–Trinajstić information content (AvgIpc) is 1.73. The average molecular weight is 215 g/mol. The van der Waals surface area contributed by atoms with Crippen LogP contribution in [-0.2, 0) is 4.74 Å². The minimum absolute atomic E-state index is 0.139. The molecule has 0 aliphatic heterocycles. The summed E-state index contributed by atoms with van der Waals surface area (Å²) in [6, 6.07) is 0.139. The highest BCUT2D eigenvalue weighted by atomic mass is 16.6. The molecule has 15 heavy (non-hydrogen) atoms. The summed E-state index contributed by atoms with van der Waals surface area (Å²) >= 11 is 0. The van der Waals surface area contributed by atoms with Crippen molar-refractivity contribution < 1.29 is 9.53 Å². The smallest absolute Gasteiger partial charge is 0.407 e. The molecule has 0 aliphatic rings. The van der Waals surface area contributed by atoms with Crippen LogP contribution in [0.5, 0.6) is 0 Å². The standard InChI is InChI=1S/C12H25NO2/c1-9(8-11(2,3)4)13-10(14)15-12(5,6)7/h9H,8H2,1-7H3,(H,13,14)/t9-/m1/s1. The van der Waals surface area contributed by atoms with E-state index in [2.05, 4.69) is 26.1 Å². The van der Waals surface area contributed by atoms with E-state index in [9.17, 15) is 4.79 Å². The maximum atomic E-state index is 11.4. The molecule has 0 spiro atoms. The van der Waals surface area contributed by atoms with Crippen molar-refractivity contribution in [2.24, 2.45) is 5.41 Å². The third kappa shape index (κ3) is 9.57. The zero-order chi connectivity index (χ0) is 12.3. The summed E-state index contributed by atoms with van der Waals surface area (Å²) < 4.78 is 5.17. The Morgan fingerprint density at radius 3 is 2.00 bits per heavy atom. The van der Waals surface area contributed by atoms with Crippen LogP contribution in [0.25, 0.3) is 0 Å². The van der Waals surface area contributed by atoms with Crippen molar-refractivity contribution in [3.05, 3.63) is 0 Å². The van der Waals surface area contributed by atoms with Crippen molar-refractivity contribution in [2.45, 2.75) is 66.5 Å². The predicted octanol–water partition coefficient (Wildman–Crippen LogP) is 3.34. The second kappa shape index (κ2) is 4.86. The summed E-state index contributed by atoms with van der Waals surface area (Å²) in [6.07, 6.45) is 0.603. The molecule has 0 aromatic carbocycles. The quantitative estimate of drug-likeness (QED) is 0.767. The Hall–Kier alpha value is -0.730. The number of alkyl carbamates (subject to hydrolysis) is 1. The van der Waals surface area contributed by atoms with Gasteiger partial charge >= 0.3 is 6.09 Å². The second-order valence-corrected chi connectivity index (χ2v) is 6.31. The highest BCUT2D eigenvalue weighted by Gasteiger charge is 2.20. The zero-order valence-electron chi connectivity index (χ0n) is 11.1. The monoisotopic (exact) mass is 215 g/mol. The minimum Gasteiger partial charge on any atom is -0.444 e. The lowest BCUT2D eigenvalue weighted by atomic mass is 9.89. The van der Waals surface area contributed by atoms with Gasteiger partial charge in [0.25, 0.3) is 0 Å². The highest BCUT2D eigenvalue weighted by molar-refractivity contribution is 5.68. The molecule has 3 heteroatoms. The van der Waals surface area contributed by atoms with Gasteiger partial charge in [-0.15, -0.1) is 0 Å². The normalized spacial score (nSPS) is 14.6. The number of carbonyl (C=O) groups excluding carboxylic acids is 1. The summed E-state index contributed by atoms with van der Waals surface area (Å²) in [5.74, 6) is 0. The van der Waals surface area contributed by atoms with E-state index in [1.165, 1.54) is 0 Å². The number of carbonyl (C=O) groups is 1. The van der Waals surface area contributed by atoms with Crippen molar-refractivity contribution in [1.29, 1.82) is 0 Å². The molecule has 0 radical (unpaired) electrons. The first kappa shape index (κ1) is 14.3. The van der Waals surface area contributed by atoms with Gasteiger partial charge in [-0.1, -0.05) is 20.8 Å². The van der Waals surface area contributed by atoms with Crippen molar-refractivity contribution in [1.82, 2.24) is 5.32 Å². The van der Waals surface area contributed by atoms with Crippen LogP contribution in [0.1, 0.15) is 54.9 Å². The maximum Gasteiger partial charge on any atom is 0.407 e. The third-order valence-corrected chi connectivity index (χ3v) is 1.68. The number of nitrogens with one attached hydrogen (secondary N) is 1. The molecule has 0 aromatic heterocycles. The minimum atomic E-state index is -0.425. The van der Waals surface area contributed by atoms with E-state index in [1.54, 1.807) is 0 Å². The topological polar surface area (TPSA) is 38.3 Å². The Kier molecular flexibility index (Phi) is 4.63. The molecular formula is C12H25NO2. The van der Waals surface area contributed by atoms with Gasteiger partial charge < -0.3 is 10.1 Å². The van der Waals surface area contributed by atoms with E-state index in [0.717, 1.165) is 6.42 Å². The van der Waals surface area contributed by atoms with E-state index < -0.39 is 5.60 Å². The summed E-state index contributed by atoms with van der Waals surface area (Å²) in [5, 5.41) is 2.83. The van der Waals surface area contributed by atoms with Gasteiger partial charge in [0.05, 0.1) is 0 Å². The molecule has 0 saturated heterocycles. The lowest BCUT2D eigenvalue weighted by Crippen LogP contribution is -2.39. The first-order valence-corrected chi connectivity index (χ1v) is 5.49. The molecule has 1 N–H and O–H groups in total. The fourth-order valence-electron chi connectivity index (χ4n) is 1.48. The number of ether oxygens (including phenoxy) is 1. The van der Waals surface area contributed by atoms with Gasteiger partial charge in [-0.2, -0.15) is 0 Å². The Labute approximate surface area is 93.6 Å². The Morgan fingerprint density at radius 2 is 1.67 bits per heavy atom. The fourth-order valence-corrected chi connectivity index (χ4v) is 1.48. The molecule has 3 nitrogen and oxygen atoms in total. The van der Waals surface area contributed by atoms with Crippen molar-refractivity contribution in [2.75, 3.05) is 0 Å². The van der Waals surface area contributed by atoms with Crippen LogP contribution >= 0.6 is 0 Å². The molecule has 1 amide bonds. The number of amides is 1. The molecule has 0 unspecified atom stereocenters. The Bertz CT molecular complexity index is 211. The Morgan fingerprint density at radius 1 is 1.20 bits per heavy atom. The van der Waals surface area contributed by atoms with E-state index in [1.807, 2.05) is 27.7 Å². The van der Waals surface area contributed by atoms with Gasteiger partial charge in [0, 0.05) is 6.04 Å². The summed E-state index contributed by atoms with van der Waals surface area (Å²) in [5.41, 5.74) is -0.208. The van der Waals surface area contributed by atoms with Crippen molar-refractivity contribution >= 4 is 6.09 Å². The van der Waals surface area contributed by atoms with Crippen LogP contribution in [0.15, 0.2) is 0 Å². The van der Waals surface area contributed by atoms with Gasteiger partial charge in [0.2, 0.25) is 0 Å². The number of hydrogen-bond donors (Lipinski definition) is 1. The molecule has 0 aromatic rings. The molecular weight excluding hydrogens is 190 g/mol. The van der Waals surface area contributed by atoms with Crippen LogP contribution in [0.3, 0.4) is 0 Å².